The maximum Gasteiger partial charge on any atom is 0.314 e. The van der Waals surface area contributed by atoms with Crippen LogP contribution in [0.25, 0.3) is 10.8 Å². The fraction of sp³-hybridized carbons (Fsp3) is 0. The lowest BCUT2D eigenvalue weighted by Gasteiger charge is -2.10. The smallest absolute Gasteiger partial charge is 0.314 e. The predicted octanol–water partition coefficient (Wildman–Crippen LogP) is 3.78. The lowest BCUT2D eigenvalue weighted by molar-refractivity contribution is -0.132. The maximum absolute atomic E-state index is 12.1. The first kappa shape index (κ1) is 15.8. The van der Waals surface area contributed by atoms with Crippen LogP contribution in [0.2, 0.25) is 5.02 Å². The molecule has 0 atom stereocenters. The number of aromatic hydroxyl groups is 1. The number of halogens is 1. The molecule has 0 saturated heterocycles. The van der Waals surface area contributed by atoms with Crippen molar-refractivity contribution in [2.75, 3.05) is 10.6 Å². The second-order valence-electron chi connectivity index (χ2n) is 5.10. The monoisotopic (exact) mass is 340 g/mol. The largest absolute Gasteiger partial charge is 0.506 e. The number of fused-ring (bicyclic) bond motifs is 1. The van der Waals surface area contributed by atoms with Crippen molar-refractivity contribution in [3.05, 3.63) is 65.7 Å². The van der Waals surface area contributed by atoms with Gasteiger partial charge in [0.2, 0.25) is 0 Å². The van der Waals surface area contributed by atoms with Gasteiger partial charge in [-0.15, -0.1) is 0 Å². The molecular weight excluding hydrogens is 328 g/mol. The van der Waals surface area contributed by atoms with E-state index >= 15 is 0 Å². The highest BCUT2D eigenvalue weighted by Crippen LogP contribution is 2.27. The molecule has 3 rings (SSSR count). The van der Waals surface area contributed by atoms with E-state index in [0.717, 1.165) is 10.8 Å². The quantitative estimate of drug-likeness (QED) is 0.490. The van der Waals surface area contributed by atoms with Crippen LogP contribution < -0.4 is 10.6 Å². The highest BCUT2D eigenvalue weighted by molar-refractivity contribution is 6.44. The second-order valence-corrected chi connectivity index (χ2v) is 5.53. The highest BCUT2D eigenvalue weighted by atomic mass is 35.5. The molecular formula is C18H13ClN2O3. The molecule has 24 heavy (non-hydrogen) atoms. The number of hydrogen-bond acceptors (Lipinski definition) is 3. The molecule has 0 aliphatic heterocycles. The highest BCUT2D eigenvalue weighted by Gasteiger charge is 2.16. The molecule has 0 radical (unpaired) electrons. The summed E-state index contributed by atoms with van der Waals surface area (Å²) in [5.74, 6) is -1.92. The number of anilines is 2. The molecule has 120 valence electrons. The number of benzene rings is 3. The summed E-state index contributed by atoms with van der Waals surface area (Å²) in [5.41, 5.74) is 0.601. The van der Waals surface area contributed by atoms with Crippen molar-refractivity contribution < 1.29 is 14.7 Å². The average molecular weight is 341 g/mol. The molecule has 0 saturated carbocycles. The molecule has 0 unspecified atom stereocenters. The minimum Gasteiger partial charge on any atom is -0.506 e. The number of rotatable bonds is 2. The number of hydrogen-bond donors (Lipinski definition) is 3. The summed E-state index contributed by atoms with van der Waals surface area (Å²) < 4.78 is 0. The van der Waals surface area contributed by atoms with Crippen LogP contribution in [0, 0.1) is 0 Å². The van der Waals surface area contributed by atoms with Crippen LogP contribution in [0.4, 0.5) is 11.4 Å². The summed E-state index contributed by atoms with van der Waals surface area (Å²) in [4.78, 5) is 24.2. The molecule has 0 fully saturated rings. The molecule has 3 aromatic rings. The van der Waals surface area contributed by atoms with Gasteiger partial charge < -0.3 is 15.7 Å². The zero-order valence-electron chi connectivity index (χ0n) is 12.4. The van der Waals surface area contributed by atoms with Gasteiger partial charge in [-0.3, -0.25) is 9.59 Å². The van der Waals surface area contributed by atoms with Crippen LogP contribution in [0.15, 0.2) is 60.7 Å². The van der Waals surface area contributed by atoms with Gasteiger partial charge in [0.05, 0.1) is 5.69 Å². The van der Waals surface area contributed by atoms with Gasteiger partial charge in [0.25, 0.3) is 0 Å². The molecule has 3 N–H and O–H groups in total. The zero-order chi connectivity index (χ0) is 17.1. The summed E-state index contributed by atoms with van der Waals surface area (Å²) in [6.07, 6.45) is 0. The standard InChI is InChI=1S/C18H13ClN2O3/c19-12-8-9-16(22)15(10-12)21-18(24)17(23)20-14-7-3-5-11-4-1-2-6-13(11)14/h1-10,22H,(H,20,23)(H,21,24). The molecule has 3 aromatic carbocycles. The van der Waals surface area contributed by atoms with E-state index in [4.69, 9.17) is 11.6 Å². The Balaban J connectivity index is 1.79. The van der Waals surface area contributed by atoms with E-state index in [1.165, 1.54) is 18.2 Å². The number of phenolic OH excluding ortho intramolecular Hbond substituents is 1. The first-order valence-corrected chi connectivity index (χ1v) is 7.51. The number of carbonyl (C=O) groups is 2. The number of phenols is 1. The Hall–Kier alpha value is -3.05. The van der Waals surface area contributed by atoms with Gasteiger partial charge in [-0.25, -0.2) is 0 Å². The average Bonchev–Trinajstić information content (AvgIpc) is 2.58. The third kappa shape index (κ3) is 3.31. The number of amides is 2. The Bertz CT molecular complexity index is 935. The van der Waals surface area contributed by atoms with Gasteiger partial charge in [0, 0.05) is 16.1 Å². The normalized spacial score (nSPS) is 10.4. The lowest BCUT2D eigenvalue weighted by Crippen LogP contribution is -2.29. The Morgan fingerprint density at radius 3 is 2.29 bits per heavy atom. The van der Waals surface area contributed by atoms with E-state index in [1.807, 2.05) is 30.3 Å². The minimum absolute atomic E-state index is 0.0700. The summed E-state index contributed by atoms with van der Waals surface area (Å²) in [5, 5.41) is 16.7. The van der Waals surface area contributed by atoms with Crippen LogP contribution in [0.1, 0.15) is 0 Å². The van der Waals surface area contributed by atoms with Crippen molar-refractivity contribution in [2.45, 2.75) is 0 Å². The van der Waals surface area contributed by atoms with Crippen LogP contribution >= 0.6 is 11.6 Å². The predicted molar refractivity (Wildman–Crippen MR) is 94.3 cm³/mol. The third-order valence-electron chi connectivity index (χ3n) is 3.45. The fourth-order valence-corrected chi connectivity index (χ4v) is 2.47. The first-order valence-electron chi connectivity index (χ1n) is 7.13. The van der Waals surface area contributed by atoms with Crippen molar-refractivity contribution in [1.82, 2.24) is 0 Å². The lowest BCUT2D eigenvalue weighted by atomic mass is 10.1. The van der Waals surface area contributed by atoms with E-state index in [1.54, 1.807) is 12.1 Å². The van der Waals surface area contributed by atoms with Gasteiger partial charge in [-0.05, 0) is 29.7 Å². The molecule has 5 nitrogen and oxygen atoms in total. The van der Waals surface area contributed by atoms with E-state index in [2.05, 4.69) is 10.6 Å². The van der Waals surface area contributed by atoms with Gasteiger partial charge in [-0.2, -0.15) is 0 Å². The molecule has 6 heteroatoms. The van der Waals surface area contributed by atoms with Crippen LogP contribution in [-0.2, 0) is 9.59 Å². The Morgan fingerprint density at radius 1 is 0.833 bits per heavy atom. The molecule has 0 aliphatic carbocycles. The Labute approximate surface area is 142 Å². The van der Waals surface area contributed by atoms with Gasteiger partial charge in [-0.1, -0.05) is 48.0 Å². The first-order chi connectivity index (χ1) is 11.5. The zero-order valence-corrected chi connectivity index (χ0v) is 13.2. The number of carbonyl (C=O) groups excluding carboxylic acids is 2. The third-order valence-corrected chi connectivity index (χ3v) is 3.69. The van der Waals surface area contributed by atoms with Crippen LogP contribution in [0.5, 0.6) is 5.75 Å². The van der Waals surface area contributed by atoms with Crippen molar-refractivity contribution >= 4 is 45.6 Å². The molecule has 0 spiro atoms. The summed E-state index contributed by atoms with van der Waals surface area (Å²) in [6, 6.07) is 17.1. The van der Waals surface area contributed by atoms with Crippen LogP contribution in [0.3, 0.4) is 0 Å². The van der Waals surface area contributed by atoms with Crippen molar-refractivity contribution in [2.24, 2.45) is 0 Å². The molecule has 0 bridgehead atoms. The minimum atomic E-state index is -0.902. The van der Waals surface area contributed by atoms with Gasteiger partial charge in [0.15, 0.2) is 0 Å². The van der Waals surface area contributed by atoms with E-state index in [9.17, 15) is 14.7 Å². The maximum atomic E-state index is 12.1. The Kier molecular flexibility index (Phi) is 4.35. The molecule has 2 amide bonds. The fourth-order valence-electron chi connectivity index (χ4n) is 2.30. The topological polar surface area (TPSA) is 78.4 Å². The van der Waals surface area contributed by atoms with Crippen LogP contribution in [-0.4, -0.2) is 16.9 Å². The molecule has 0 heterocycles. The summed E-state index contributed by atoms with van der Waals surface area (Å²) in [6.45, 7) is 0. The summed E-state index contributed by atoms with van der Waals surface area (Å²) >= 11 is 5.81. The van der Waals surface area contributed by atoms with Gasteiger partial charge in [0.1, 0.15) is 5.75 Å². The van der Waals surface area contributed by atoms with Crippen molar-refractivity contribution in [3.63, 3.8) is 0 Å². The SMILES string of the molecule is O=C(Nc1cc(Cl)ccc1O)C(=O)Nc1cccc2ccccc12. The van der Waals surface area contributed by atoms with Gasteiger partial charge >= 0.3 is 11.8 Å². The second kappa shape index (κ2) is 6.60. The van der Waals surface area contributed by atoms with Crippen molar-refractivity contribution in [1.29, 1.82) is 0 Å². The van der Waals surface area contributed by atoms with Crippen molar-refractivity contribution in [3.8, 4) is 5.75 Å². The van der Waals surface area contributed by atoms with E-state index in [0.29, 0.717) is 10.7 Å². The van der Waals surface area contributed by atoms with E-state index < -0.39 is 11.8 Å². The summed E-state index contributed by atoms with van der Waals surface area (Å²) in [7, 11) is 0. The van der Waals surface area contributed by atoms with E-state index in [-0.39, 0.29) is 11.4 Å². The number of nitrogens with one attached hydrogen (secondary N) is 2. The molecule has 0 aliphatic rings. The molecule has 0 aromatic heterocycles. The Morgan fingerprint density at radius 2 is 1.50 bits per heavy atom.